The van der Waals surface area contributed by atoms with Gasteiger partial charge in [-0.3, -0.25) is 9.59 Å². The van der Waals surface area contributed by atoms with Gasteiger partial charge < -0.3 is 19.8 Å². The van der Waals surface area contributed by atoms with Gasteiger partial charge in [-0.05, 0) is 61.9 Å². The molecule has 1 heterocycles. The molecule has 0 fully saturated rings. The number of rotatable bonds is 9. The van der Waals surface area contributed by atoms with Gasteiger partial charge in [-0.15, -0.1) is 0 Å². The van der Waals surface area contributed by atoms with Crippen molar-refractivity contribution in [2.75, 3.05) is 19.0 Å². The molecule has 2 N–H and O–H groups in total. The molecule has 0 saturated carbocycles. The smallest absolute Gasteiger partial charge is 0.252 e. The second kappa shape index (κ2) is 10.7. The summed E-state index contributed by atoms with van der Waals surface area (Å²) in [4.78, 5) is 32.2. The fourth-order valence-corrected chi connectivity index (χ4v) is 3.79. The molecule has 0 aliphatic carbocycles. The Morgan fingerprint density at radius 1 is 1.10 bits per heavy atom. The van der Waals surface area contributed by atoms with Crippen molar-refractivity contribution in [2.45, 2.75) is 30.7 Å². The number of amides is 1. The number of anilines is 1. The van der Waals surface area contributed by atoms with E-state index in [1.54, 1.807) is 19.2 Å². The van der Waals surface area contributed by atoms with E-state index in [1.807, 2.05) is 50.2 Å². The van der Waals surface area contributed by atoms with E-state index in [4.69, 9.17) is 9.47 Å². The molecule has 1 aromatic heterocycles. The van der Waals surface area contributed by atoms with Crippen molar-refractivity contribution >= 4 is 23.4 Å². The Kier molecular flexibility index (Phi) is 7.72. The van der Waals surface area contributed by atoms with Crippen LogP contribution in [0.25, 0.3) is 11.3 Å². The van der Waals surface area contributed by atoms with Crippen LogP contribution in [0.4, 0.5) is 5.69 Å². The van der Waals surface area contributed by atoms with Gasteiger partial charge in [0.05, 0.1) is 24.7 Å². The van der Waals surface area contributed by atoms with Gasteiger partial charge in [0.2, 0.25) is 5.91 Å². The third kappa shape index (κ3) is 6.11. The lowest BCUT2D eigenvalue weighted by atomic mass is 10.1. The van der Waals surface area contributed by atoms with E-state index in [2.05, 4.69) is 15.3 Å². The SMILES string of the molecule is CCOc1ccc(NC(=O)C(CC)Sc2nc(-c3ccc(OC)cc3)cc(=O)[nH]2)cc1. The molecule has 1 unspecified atom stereocenters. The lowest BCUT2D eigenvalue weighted by Gasteiger charge is -2.15. The maximum Gasteiger partial charge on any atom is 0.252 e. The monoisotopic (exact) mass is 439 g/mol. The van der Waals surface area contributed by atoms with Crippen LogP contribution >= 0.6 is 11.8 Å². The highest BCUT2D eigenvalue weighted by Gasteiger charge is 2.20. The average Bonchev–Trinajstić information content (AvgIpc) is 2.78. The molecular weight excluding hydrogens is 414 g/mol. The Hall–Kier alpha value is -3.26. The van der Waals surface area contributed by atoms with E-state index in [-0.39, 0.29) is 11.5 Å². The lowest BCUT2D eigenvalue weighted by molar-refractivity contribution is -0.115. The zero-order valence-electron chi connectivity index (χ0n) is 17.7. The number of nitrogens with one attached hydrogen (secondary N) is 2. The number of nitrogens with zero attached hydrogens (tertiary/aromatic N) is 1. The normalized spacial score (nSPS) is 11.6. The van der Waals surface area contributed by atoms with E-state index >= 15 is 0 Å². The van der Waals surface area contributed by atoms with Gasteiger partial charge >= 0.3 is 0 Å². The molecule has 8 heteroatoms. The van der Waals surface area contributed by atoms with Gasteiger partial charge in [0, 0.05) is 17.3 Å². The number of carbonyl (C=O) groups is 1. The number of benzene rings is 2. The third-order valence-electron chi connectivity index (χ3n) is 4.46. The fourth-order valence-electron chi connectivity index (χ4n) is 2.88. The maximum atomic E-state index is 12.8. The van der Waals surface area contributed by atoms with Crippen molar-refractivity contribution in [3.63, 3.8) is 0 Å². The Labute approximate surface area is 185 Å². The summed E-state index contributed by atoms with van der Waals surface area (Å²) < 4.78 is 10.6. The minimum atomic E-state index is -0.416. The highest BCUT2D eigenvalue weighted by molar-refractivity contribution is 8.00. The second-order valence-electron chi connectivity index (χ2n) is 6.63. The maximum absolute atomic E-state index is 12.8. The van der Waals surface area contributed by atoms with Crippen LogP contribution in [0.2, 0.25) is 0 Å². The topological polar surface area (TPSA) is 93.3 Å². The zero-order valence-corrected chi connectivity index (χ0v) is 18.5. The Balaban J connectivity index is 1.73. The van der Waals surface area contributed by atoms with Crippen molar-refractivity contribution in [2.24, 2.45) is 0 Å². The van der Waals surface area contributed by atoms with Gasteiger partial charge in [-0.2, -0.15) is 0 Å². The summed E-state index contributed by atoms with van der Waals surface area (Å²) in [5, 5.41) is 2.89. The van der Waals surface area contributed by atoms with E-state index in [1.165, 1.54) is 17.8 Å². The molecule has 3 aromatic rings. The van der Waals surface area contributed by atoms with Crippen molar-refractivity contribution in [1.29, 1.82) is 0 Å². The molecule has 0 aliphatic heterocycles. The number of hydrogen-bond donors (Lipinski definition) is 2. The molecule has 0 spiro atoms. The first-order valence-corrected chi connectivity index (χ1v) is 10.9. The molecule has 31 heavy (non-hydrogen) atoms. The molecule has 1 atom stereocenters. The van der Waals surface area contributed by atoms with Crippen LogP contribution < -0.4 is 20.3 Å². The van der Waals surface area contributed by atoms with E-state index < -0.39 is 5.25 Å². The predicted octanol–water partition coefficient (Wildman–Crippen LogP) is 4.35. The third-order valence-corrected chi connectivity index (χ3v) is 5.70. The van der Waals surface area contributed by atoms with Crippen LogP contribution in [0.3, 0.4) is 0 Å². The summed E-state index contributed by atoms with van der Waals surface area (Å²) in [7, 11) is 1.60. The van der Waals surface area contributed by atoms with Crippen molar-refractivity contribution in [1.82, 2.24) is 9.97 Å². The summed E-state index contributed by atoms with van der Waals surface area (Å²) >= 11 is 1.23. The highest BCUT2D eigenvalue weighted by Crippen LogP contribution is 2.26. The quantitative estimate of drug-likeness (QED) is 0.380. The number of methoxy groups -OCH3 is 1. The first-order valence-electron chi connectivity index (χ1n) is 9.98. The largest absolute Gasteiger partial charge is 0.497 e. The summed E-state index contributed by atoms with van der Waals surface area (Å²) in [6, 6.07) is 15.9. The molecule has 0 radical (unpaired) electrons. The van der Waals surface area contributed by atoms with Crippen LogP contribution in [0, 0.1) is 0 Å². The minimum absolute atomic E-state index is 0.158. The molecule has 2 aromatic carbocycles. The fraction of sp³-hybridized carbons (Fsp3) is 0.261. The number of aromatic nitrogens is 2. The van der Waals surface area contributed by atoms with Crippen molar-refractivity contribution in [3.8, 4) is 22.8 Å². The molecule has 0 bridgehead atoms. The molecule has 0 saturated heterocycles. The number of hydrogen-bond acceptors (Lipinski definition) is 6. The highest BCUT2D eigenvalue weighted by atomic mass is 32.2. The van der Waals surface area contributed by atoms with Gasteiger partial charge in [0.25, 0.3) is 5.56 Å². The molecule has 162 valence electrons. The van der Waals surface area contributed by atoms with Crippen molar-refractivity contribution in [3.05, 3.63) is 65.0 Å². The van der Waals surface area contributed by atoms with Crippen LogP contribution in [-0.2, 0) is 4.79 Å². The molecule has 1 amide bonds. The summed E-state index contributed by atoms with van der Waals surface area (Å²) in [5.74, 6) is 1.31. The van der Waals surface area contributed by atoms with Crippen molar-refractivity contribution < 1.29 is 14.3 Å². The van der Waals surface area contributed by atoms with Gasteiger partial charge in [0.1, 0.15) is 11.5 Å². The van der Waals surface area contributed by atoms with E-state index in [0.717, 1.165) is 17.1 Å². The van der Waals surface area contributed by atoms with Crippen LogP contribution in [-0.4, -0.2) is 34.8 Å². The summed E-state index contributed by atoms with van der Waals surface area (Å²) in [5.41, 5.74) is 1.74. The standard InChI is InChI=1S/C23H25N3O4S/c1-4-20(22(28)24-16-8-12-18(13-9-16)30-5-2)31-23-25-19(14-21(27)26-23)15-6-10-17(29-3)11-7-15/h6-14,20H,4-5H2,1-3H3,(H,24,28)(H,25,26,27). The zero-order chi connectivity index (χ0) is 22.2. The van der Waals surface area contributed by atoms with Gasteiger partial charge in [-0.25, -0.2) is 4.98 Å². The number of carbonyl (C=O) groups excluding carboxylic acids is 1. The number of H-pyrrole nitrogens is 1. The van der Waals surface area contributed by atoms with Crippen LogP contribution in [0.5, 0.6) is 11.5 Å². The first-order chi connectivity index (χ1) is 15.0. The number of ether oxygens (including phenoxy) is 2. The number of aromatic amines is 1. The second-order valence-corrected chi connectivity index (χ2v) is 7.82. The van der Waals surface area contributed by atoms with E-state index in [9.17, 15) is 9.59 Å². The molecular formula is C23H25N3O4S. The molecule has 0 aliphatic rings. The Morgan fingerprint density at radius 2 is 1.77 bits per heavy atom. The molecule has 7 nitrogen and oxygen atoms in total. The van der Waals surface area contributed by atoms with E-state index in [0.29, 0.717) is 29.6 Å². The lowest BCUT2D eigenvalue weighted by Crippen LogP contribution is -2.25. The first kappa shape index (κ1) is 22.4. The summed E-state index contributed by atoms with van der Waals surface area (Å²) in [6.45, 7) is 4.42. The van der Waals surface area contributed by atoms with Gasteiger partial charge in [-0.1, -0.05) is 18.7 Å². The Morgan fingerprint density at radius 3 is 2.39 bits per heavy atom. The summed E-state index contributed by atoms with van der Waals surface area (Å²) in [6.07, 6.45) is 0.573. The van der Waals surface area contributed by atoms with Gasteiger partial charge in [0.15, 0.2) is 5.16 Å². The number of thioether (sulfide) groups is 1. The minimum Gasteiger partial charge on any atom is -0.497 e. The predicted molar refractivity (Wildman–Crippen MR) is 123 cm³/mol. The molecule has 3 rings (SSSR count). The average molecular weight is 440 g/mol. The van der Waals surface area contributed by atoms with Crippen LogP contribution in [0.1, 0.15) is 20.3 Å². The van der Waals surface area contributed by atoms with Crippen LogP contribution in [0.15, 0.2) is 64.5 Å². The Bertz CT molecular complexity index is 1070.